The second-order valence-electron chi connectivity index (χ2n) is 2.44. The highest BCUT2D eigenvalue weighted by Gasteiger charge is 2.08. The molecular formula is C7H16O3S. The first-order valence-electron chi connectivity index (χ1n) is 3.98. The van der Waals surface area contributed by atoms with E-state index >= 15 is 0 Å². The summed E-state index contributed by atoms with van der Waals surface area (Å²) in [7, 11) is 0. The highest BCUT2D eigenvalue weighted by molar-refractivity contribution is 7.95. The fourth-order valence-corrected chi connectivity index (χ4v) is 1.77. The van der Waals surface area contributed by atoms with Crippen LogP contribution < -0.4 is 0 Å². The van der Waals surface area contributed by atoms with Crippen molar-refractivity contribution in [3.63, 3.8) is 0 Å². The topological polar surface area (TPSA) is 38.7 Å². The summed E-state index contributed by atoms with van der Waals surface area (Å²) in [6, 6.07) is 0. The number of rotatable bonds is 7. The average molecular weight is 180 g/mol. The highest BCUT2D eigenvalue weighted by atomic mass is 32.2. The van der Waals surface area contributed by atoms with Crippen molar-refractivity contribution in [2.75, 3.05) is 0 Å². The van der Waals surface area contributed by atoms with Crippen LogP contribution in [0.3, 0.4) is 0 Å². The van der Waals surface area contributed by atoms with E-state index in [0.29, 0.717) is 5.25 Å². The molecule has 68 valence electrons. The molecule has 3 nitrogen and oxygen atoms in total. The molecule has 0 aliphatic carbocycles. The van der Waals surface area contributed by atoms with Crippen molar-refractivity contribution in [2.45, 2.75) is 44.8 Å². The van der Waals surface area contributed by atoms with E-state index in [9.17, 15) is 0 Å². The van der Waals surface area contributed by atoms with Crippen molar-refractivity contribution in [3.05, 3.63) is 0 Å². The molecule has 4 heteroatoms. The Hall–Kier alpha value is 0.230. The lowest BCUT2D eigenvalue weighted by molar-refractivity contribution is -0.432. The van der Waals surface area contributed by atoms with E-state index in [4.69, 9.17) is 5.26 Å². The summed E-state index contributed by atoms with van der Waals surface area (Å²) in [5, 5.41) is 11.9. The van der Waals surface area contributed by atoms with Gasteiger partial charge in [0.15, 0.2) is 0 Å². The van der Waals surface area contributed by atoms with E-state index in [2.05, 4.69) is 23.2 Å². The predicted octanol–water partition coefficient (Wildman–Crippen LogP) is 3.02. The largest absolute Gasteiger partial charge is 0.220 e. The van der Waals surface area contributed by atoms with Crippen molar-refractivity contribution < 1.29 is 14.6 Å². The van der Waals surface area contributed by atoms with Gasteiger partial charge in [-0.05, 0) is 12.8 Å². The SMILES string of the molecule is CCCC(CCC)SOOO. The molecule has 0 saturated carbocycles. The molecule has 0 rings (SSSR count). The fourth-order valence-electron chi connectivity index (χ4n) is 0.958. The zero-order chi connectivity index (χ0) is 8.53. The summed E-state index contributed by atoms with van der Waals surface area (Å²) in [5.41, 5.74) is 0. The molecule has 0 aromatic carbocycles. The lowest BCUT2D eigenvalue weighted by atomic mass is 10.2. The Kier molecular flexibility index (Phi) is 8.50. The van der Waals surface area contributed by atoms with Gasteiger partial charge in [0.2, 0.25) is 0 Å². The summed E-state index contributed by atoms with van der Waals surface area (Å²) in [5.74, 6) is 0. The van der Waals surface area contributed by atoms with Gasteiger partial charge >= 0.3 is 0 Å². The third-order valence-corrected chi connectivity index (χ3v) is 2.31. The van der Waals surface area contributed by atoms with Crippen LogP contribution in [0.25, 0.3) is 0 Å². The zero-order valence-electron chi connectivity index (χ0n) is 7.08. The van der Waals surface area contributed by atoms with Crippen LogP contribution in [0.2, 0.25) is 0 Å². The van der Waals surface area contributed by atoms with Gasteiger partial charge in [0.05, 0.1) is 0 Å². The van der Waals surface area contributed by atoms with Crippen LogP contribution in [0.4, 0.5) is 0 Å². The van der Waals surface area contributed by atoms with Crippen LogP contribution >= 0.6 is 12.0 Å². The Morgan fingerprint density at radius 3 is 2.18 bits per heavy atom. The van der Waals surface area contributed by atoms with Crippen LogP contribution in [0.1, 0.15) is 39.5 Å². The predicted molar refractivity (Wildman–Crippen MR) is 46.0 cm³/mol. The minimum atomic E-state index is 0.442. The van der Waals surface area contributed by atoms with Gasteiger partial charge in [-0.25, -0.2) is 5.26 Å². The Balaban J connectivity index is 3.34. The van der Waals surface area contributed by atoms with Gasteiger partial charge in [0.25, 0.3) is 0 Å². The molecule has 0 saturated heterocycles. The van der Waals surface area contributed by atoms with E-state index in [0.717, 1.165) is 25.7 Å². The number of hydrogen-bond donors (Lipinski definition) is 1. The monoisotopic (exact) mass is 180 g/mol. The van der Waals surface area contributed by atoms with Gasteiger partial charge in [-0.2, -0.15) is 0 Å². The van der Waals surface area contributed by atoms with E-state index < -0.39 is 0 Å². The smallest absolute Gasteiger partial charge is 0.0380 e. The van der Waals surface area contributed by atoms with Crippen LogP contribution in [0.15, 0.2) is 0 Å². The van der Waals surface area contributed by atoms with Gasteiger partial charge in [-0.1, -0.05) is 31.7 Å². The first-order chi connectivity index (χ1) is 5.35. The zero-order valence-corrected chi connectivity index (χ0v) is 7.89. The van der Waals surface area contributed by atoms with Gasteiger partial charge in [-0.15, -0.1) is 4.33 Å². The van der Waals surface area contributed by atoms with Crippen LogP contribution in [-0.2, 0) is 9.37 Å². The summed E-state index contributed by atoms with van der Waals surface area (Å²) in [6.07, 6.45) is 4.46. The Bertz CT molecular complexity index is 74.1. The molecule has 0 unspecified atom stereocenters. The van der Waals surface area contributed by atoms with Crippen molar-refractivity contribution in [1.82, 2.24) is 0 Å². The maximum atomic E-state index is 7.91. The van der Waals surface area contributed by atoms with Crippen molar-refractivity contribution in [3.8, 4) is 0 Å². The third-order valence-electron chi connectivity index (χ3n) is 1.43. The van der Waals surface area contributed by atoms with Gasteiger partial charge in [0.1, 0.15) is 0 Å². The third kappa shape index (κ3) is 6.62. The molecule has 0 heterocycles. The quantitative estimate of drug-likeness (QED) is 0.371. The molecule has 0 aromatic rings. The van der Waals surface area contributed by atoms with Gasteiger partial charge in [-0.3, -0.25) is 0 Å². The fraction of sp³-hybridized carbons (Fsp3) is 1.00. The van der Waals surface area contributed by atoms with E-state index in [1.54, 1.807) is 0 Å². The molecule has 0 aliphatic rings. The molecule has 0 aliphatic heterocycles. The molecule has 0 radical (unpaired) electrons. The second kappa shape index (κ2) is 8.33. The first kappa shape index (κ1) is 11.2. The maximum absolute atomic E-state index is 7.91. The average Bonchev–Trinajstić information content (AvgIpc) is 2.01. The molecule has 0 amide bonds. The van der Waals surface area contributed by atoms with E-state index in [-0.39, 0.29) is 0 Å². The van der Waals surface area contributed by atoms with Gasteiger partial charge in [0, 0.05) is 17.3 Å². The van der Waals surface area contributed by atoms with Crippen molar-refractivity contribution in [2.24, 2.45) is 0 Å². The minimum absolute atomic E-state index is 0.442. The van der Waals surface area contributed by atoms with Crippen LogP contribution in [-0.4, -0.2) is 10.5 Å². The molecule has 0 fully saturated rings. The molecule has 0 atom stereocenters. The normalized spacial score (nSPS) is 10.9. The Labute approximate surface area is 72.1 Å². The lowest BCUT2D eigenvalue weighted by Crippen LogP contribution is -2.02. The molecule has 0 aromatic heterocycles. The lowest BCUT2D eigenvalue weighted by Gasteiger charge is -2.10. The Morgan fingerprint density at radius 2 is 1.82 bits per heavy atom. The van der Waals surface area contributed by atoms with Crippen molar-refractivity contribution >= 4 is 12.0 Å². The standard InChI is InChI=1S/C7H16O3S/c1-3-5-7(6-4-2)11-10-9-8/h7-8H,3-6H2,1-2H3. The molecule has 0 spiro atoms. The highest BCUT2D eigenvalue weighted by Crippen LogP contribution is 2.21. The van der Waals surface area contributed by atoms with Gasteiger partial charge < -0.3 is 0 Å². The van der Waals surface area contributed by atoms with E-state index in [1.807, 2.05) is 0 Å². The first-order valence-corrected chi connectivity index (χ1v) is 4.79. The summed E-state index contributed by atoms with van der Waals surface area (Å²) in [4.78, 5) is 0. The molecular weight excluding hydrogens is 164 g/mol. The molecule has 11 heavy (non-hydrogen) atoms. The van der Waals surface area contributed by atoms with Crippen molar-refractivity contribution in [1.29, 1.82) is 0 Å². The number of hydrogen-bond acceptors (Lipinski definition) is 4. The molecule has 0 bridgehead atoms. The summed E-state index contributed by atoms with van der Waals surface area (Å²) >= 11 is 1.20. The van der Waals surface area contributed by atoms with E-state index in [1.165, 1.54) is 12.0 Å². The molecule has 1 N–H and O–H groups in total. The van der Waals surface area contributed by atoms with Crippen LogP contribution in [0.5, 0.6) is 0 Å². The minimum Gasteiger partial charge on any atom is -0.220 e. The summed E-state index contributed by atoms with van der Waals surface area (Å²) in [6.45, 7) is 4.26. The second-order valence-corrected chi connectivity index (χ2v) is 3.43. The summed E-state index contributed by atoms with van der Waals surface area (Å²) < 4.78 is 4.37. The Morgan fingerprint density at radius 1 is 1.27 bits per heavy atom. The van der Waals surface area contributed by atoms with Crippen LogP contribution in [0, 0.1) is 0 Å². The maximum Gasteiger partial charge on any atom is 0.0380 e.